The number of carboxylic acids is 3. The summed E-state index contributed by atoms with van der Waals surface area (Å²) in [6.45, 7) is 11.5. The van der Waals surface area contributed by atoms with Crippen LogP contribution in [0.15, 0.2) is 95.7 Å². The van der Waals surface area contributed by atoms with Gasteiger partial charge < -0.3 is 73.8 Å². The first kappa shape index (κ1) is 65.0. The quantitative estimate of drug-likeness (QED) is 0.0155. The van der Waals surface area contributed by atoms with Crippen LogP contribution in [0.5, 0.6) is 5.75 Å². The maximum atomic E-state index is 13.8. The molecule has 0 aliphatic carbocycles. The van der Waals surface area contributed by atoms with Crippen molar-refractivity contribution in [1.82, 2.24) is 31.5 Å². The highest BCUT2D eigenvalue weighted by atomic mass is 16.5. The Morgan fingerprint density at radius 2 is 1.30 bits per heavy atom. The van der Waals surface area contributed by atoms with E-state index in [1.165, 1.54) is 33.0 Å². The molecular weight excluding hydrogens is 1000 g/mol. The molecule has 0 spiro atoms. The number of phenolic OH excluding ortho intramolecular Hbond substituents is 1. The Kier molecular flexibility index (Phi) is 27.3. The van der Waals surface area contributed by atoms with Crippen LogP contribution in [0.25, 0.3) is 0 Å². The van der Waals surface area contributed by atoms with Crippen LogP contribution in [-0.2, 0) is 60.7 Å². The Hall–Kier alpha value is -8.12. The van der Waals surface area contributed by atoms with Crippen molar-refractivity contribution >= 4 is 59.3 Å². The number of phenols is 1. The number of aromatic hydroxyl groups is 1. The zero-order chi connectivity index (χ0) is 58.1. The molecule has 0 aromatic heterocycles. The summed E-state index contributed by atoms with van der Waals surface area (Å²) in [6, 6.07) is 7.16. The normalized spacial score (nSPS) is 15.3. The van der Waals surface area contributed by atoms with Gasteiger partial charge in [0.15, 0.2) is 5.96 Å². The van der Waals surface area contributed by atoms with Crippen LogP contribution >= 0.6 is 0 Å². The molecular formula is C53H76N10O14. The first-order chi connectivity index (χ1) is 36.2. The third-order valence-corrected chi connectivity index (χ3v) is 12.6. The lowest BCUT2D eigenvalue weighted by Gasteiger charge is -2.26. The number of rotatable bonds is 33. The molecule has 77 heavy (non-hydrogen) atoms. The number of carbonyl (C=O) groups is 9. The minimum Gasteiger partial charge on any atom is -0.508 e. The lowest BCUT2D eigenvalue weighted by atomic mass is 9.95. The van der Waals surface area contributed by atoms with E-state index in [1.807, 2.05) is 50.3 Å². The number of hydrogen-bond donors (Lipinski definition) is 12. The second-order valence-corrected chi connectivity index (χ2v) is 18.7. The van der Waals surface area contributed by atoms with Gasteiger partial charge in [-0.2, -0.15) is 0 Å². The maximum Gasteiger partial charge on any atom is 0.327 e. The number of nitrogens with two attached hydrogens (primary N) is 3. The number of methoxy groups -OCH3 is 1. The third-order valence-electron chi connectivity index (χ3n) is 12.6. The molecule has 6 amide bonds. The molecule has 2 rings (SSSR count). The fourth-order valence-electron chi connectivity index (χ4n) is 7.57. The highest BCUT2D eigenvalue weighted by molar-refractivity contribution is 6.00. The van der Waals surface area contributed by atoms with Gasteiger partial charge in [0.2, 0.25) is 29.5 Å². The van der Waals surface area contributed by atoms with E-state index in [2.05, 4.69) is 38.2 Å². The number of ether oxygens (including phenoxy) is 1. The number of nitrogens with one attached hydrogen (secondary N) is 5. The number of carboxylic acid groups (broad SMARTS) is 3. The van der Waals surface area contributed by atoms with Crippen LogP contribution < -0.4 is 43.8 Å². The van der Waals surface area contributed by atoms with E-state index in [-0.39, 0.29) is 62.4 Å². The average Bonchev–Trinajstić information content (AvgIpc) is 3.38. The molecule has 0 aliphatic rings. The lowest BCUT2D eigenvalue weighted by Crippen LogP contribution is -2.58. The summed E-state index contributed by atoms with van der Waals surface area (Å²) in [5.74, 6) is -12.7. The number of amides is 6. The van der Waals surface area contributed by atoms with Gasteiger partial charge in [-0.1, -0.05) is 93.6 Å². The number of carbonyl (C=O) groups excluding carboxylic acids is 6. The van der Waals surface area contributed by atoms with E-state index in [4.69, 9.17) is 21.9 Å². The van der Waals surface area contributed by atoms with Crippen molar-refractivity contribution in [3.63, 3.8) is 0 Å². The first-order valence-corrected chi connectivity index (χ1v) is 24.9. The summed E-state index contributed by atoms with van der Waals surface area (Å²) in [7, 11) is 2.84. The van der Waals surface area contributed by atoms with Crippen LogP contribution in [0.1, 0.15) is 77.8 Å². The molecule has 0 saturated heterocycles. The predicted octanol–water partition coefficient (Wildman–Crippen LogP) is 0.824. The molecule has 0 unspecified atom stereocenters. The Bertz CT molecular complexity index is 2460. The molecule has 0 aliphatic heterocycles. The highest BCUT2D eigenvalue weighted by Gasteiger charge is 2.36. The minimum absolute atomic E-state index is 0.0347. The Morgan fingerprint density at radius 1 is 0.727 bits per heavy atom. The number of nitrogens with zero attached hydrogens (tertiary/aromatic N) is 2. The van der Waals surface area contributed by atoms with Gasteiger partial charge >= 0.3 is 17.9 Å². The van der Waals surface area contributed by atoms with Crippen LogP contribution in [0.4, 0.5) is 0 Å². The average molecular weight is 1080 g/mol. The van der Waals surface area contributed by atoms with Crippen molar-refractivity contribution in [2.45, 2.75) is 122 Å². The molecule has 24 heteroatoms. The fraction of sp³-hybridized carbons (Fsp3) is 0.472. The van der Waals surface area contributed by atoms with Gasteiger partial charge in [-0.15, -0.1) is 0 Å². The number of aliphatic imine (C=N–C) groups is 1. The molecule has 0 radical (unpaired) electrons. The van der Waals surface area contributed by atoms with Gasteiger partial charge in [0.1, 0.15) is 41.7 Å². The van der Waals surface area contributed by atoms with Crippen molar-refractivity contribution in [1.29, 1.82) is 0 Å². The molecule has 0 saturated carbocycles. The molecule has 2 aromatic rings. The number of hydrogen-bond acceptors (Lipinski definition) is 13. The molecule has 24 nitrogen and oxygen atoms in total. The van der Waals surface area contributed by atoms with Crippen LogP contribution in [0, 0.1) is 17.8 Å². The van der Waals surface area contributed by atoms with Crippen LogP contribution in [0.3, 0.4) is 0 Å². The van der Waals surface area contributed by atoms with E-state index >= 15 is 0 Å². The van der Waals surface area contributed by atoms with Crippen molar-refractivity contribution < 1.29 is 68.3 Å². The summed E-state index contributed by atoms with van der Waals surface area (Å²) in [4.78, 5) is 121. The molecule has 0 heterocycles. The smallest absolute Gasteiger partial charge is 0.327 e. The second kappa shape index (κ2) is 32.3. The van der Waals surface area contributed by atoms with Gasteiger partial charge in [0.25, 0.3) is 5.91 Å². The number of aliphatic carboxylic acids is 3. The minimum atomic E-state index is -1.93. The summed E-state index contributed by atoms with van der Waals surface area (Å²) in [5.41, 5.74) is 19.0. The van der Waals surface area contributed by atoms with Gasteiger partial charge in [-0.25, -0.2) is 14.4 Å². The topological polar surface area (TPSA) is 398 Å². The monoisotopic (exact) mass is 1080 g/mol. The van der Waals surface area contributed by atoms with Crippen molar-refractivity contribution in [2.24, 2.45) is 39.9 Å². The van der Waals surface area contributed by atoms with Gasteiger partial charge in [0.05, 0.1) is 17.9 Å². The Labute approximate surface area is 448 Å². The molecule has 10 atom stereocenters. The molecule has 2 aromatic carbocycles. The molecule has 422 valence electrons. The lowest BCUT2D eigenvalue weighted by molar-refractivity contribution is -0.147. The Balaban J connectivity index is 2.09. The Morgan fingerprint density at radius 3 is 1.86 bits per heavy atom. The fourth-order valence-corrected chi connectivity index (χ4v) is 7.57. The zero-order valence-corrected chi connectivity index (χ0v) is 44.6. The summed E-state index contributed by atoms with van der Waals surface area (Å²) in [5, 5.41) is 51.2. The summed E-state index contributed by atoms with van der Waals surface area (Å²) < 4.78 is 5.74. The van der Waals surface area contributed by atoms with E-state index in [9.17, 15) is 63.6 Å². The van der Waals surface area contributed by atoms with Crippen LogP contribution in [-0.4, -0.2) is 148 Å². The predicted molar refractivity (Wildman–Crippen MR) is 285 cm³/mol. The van der Waals surface area contributed by atoms with E-state index < -0.39 is 114 Å². The summed E-state index contributed by atoms with van der Waals surface area (Å²) in [6.07, 6.45) is 5.15. The van der Waals surface area contributed by atoms with Crippen molar-refractivity contribution in [2.75, 3.05) is 20.7 Å². The van der Waals surface area contributed by atoms with Gasteiger partial charge in [-0.05, 0) is 75.6 Å². The second-order valence-electron chi connectivity index (χ2n) is 18.7. The zero-order valence-electron chi connectivity index (χ0n) is 44.6. The number of guanidine groups is 1. The summed E-state index contributed by atoms with van der Waals surface area (Å²) >= 11 is 0. The molecule has 0 fully saturated rings. The number of benzene rings is 2. The third kappa shape index (κ3) is 22.7. The standard InChI is InChI=1S/C53H76N10O14/c1-29(27-30(2)42(77-8)28-36-13-10-9-11-14-36)16-22-38(54)31(3)45(66)61-41(51(73)74)24-25-43(65)63(7)34(6)48(69)58-33(5)47(68)59-39(23-19-35-17-20-37(64)21-18-35)49(70)62-44(52(75)76)32(4)46(67)60-40(50(71)72)15-12-26-57-53(55)56/h9-11,13-14,16-18,20-22,27,30-33,38-42,44,64H,6,12,15,19,23-26,28,54H2,1-5,7-8H3,(H,58,69)(H,59,68)(H,60,67)(H,61,66)(H,62,70)(H,71,72)(H,73,74)(H,75,76)(H4,55,56,57)/b22-16+,29-27+/t30-,31-,32-,33+,38-,39-,40-,41+,42-,44+/m0/s1. The number of allylic oxidation sites excluding steroid dienone is 2. The number of likely N-dealkylation sites (N-methyl/N-ethyl adjacent to an activating group) is 1. The van der Waals surface area contributed by atoms with E-state index in [0.29, 0.717) is 12.0 Å². The maximum absolute atomic E-state index is 13.8. The molecule has 0 bridgehead atoms. The van der Waals surface area contributed by atoms with Crippen molar-refractivity contribution in [3.05, 3.63) is 102 Å². The van der Waals surface area contributed by atoms with Crippen molar-refractivity contribution in [3.8, 4) is 5.75 Å². The largest absolute Gasteiger partial charge is 0.508 e. The van der Waals surface area contributed by atoms with Crippen LogP contribution in [0.2, 0.25) is 0 Å². The SMILES string of the molecule is C=C(C(=O)N[C@H](C)C(=O)N[C@@H](CCc1ccc(O)cc1)C(=O)N[C@@H](C(=O)O)[C@H](C)C(=O)N[C@@H](CCCN=C(N)N)C(=O)O)N(C)C(=O)CC[C@@H](NC(=O)[C@@H](C)[C@@H](N)/C=C/C(C)=C/[C@H](C)[C@H](Cc1ccccc1)OC)C(=O)O. The first-order valence-electron chi connectivity index (χ1n) is 24.9. The molecule has 15 N–H and O–H groups in total. The van der Waals surface area contributed by atoms with Gasteiger partial charge in [0, 0.05) is 39.1 Å². The van der Waals surface area contributed by atoms with E-state index in [1.54, 1.807) is 31.4 Å². The highest BCUT2D eigenvalue weighted by Crippen LogP contribution is 2.19. The van der Waals surface area contributed by atoms with Gasteiger partial charge in [-0.3, -0.25) is 33.8 Å². The van der Waals surface area contributed by atoms with E-state index in [0.717, 1.165) is 23.0 Å². The number of aryl methyl sites for hydroxylation is 1.